The smallest absolute Gasteiger partial charge is 0.0764 e. The Bertz CT molecular complexity index is 518. The van der Waals surface area contributed by atoms with Crippen LogP contribution in [0.5, 0.6) is 0 Å². The highest BCUT2D eigenvalue weighted by Gasteiger charge is 2.19. The second kappa shape index (κ2) is 4.04. The van der Waals surface area contributed by atoms with Gasteiger partial charge in [-0.3, -0.25) is 4.98 Å². The van der Waals surface area contributed by atoms with Gasteiger partial charge in [0.25, 0.3) is 0 Å². The van der Waals surface area contributed by atoms with Crippen molar-refractivity contribution in [2.45, 2.75) is 18.9 Å². The van der Waals surface area contributed by atoms with Crippen molar-refractivity contribution in [3.63, 3.8) is 0 Å². The summed E-state index contributed by atoms with van der Waals surface area (Å²) in [6, 6.07) is 8.47. The maximum absolute atomic E-state index is 6.18. The number of pyridine rings is 1. The number of hydrogen-bond acceptors (Lipinski definition) is 2. The molecule has 1 aromatic carbocycles. The van der Waals surface area contributed by atoms with E-state index in [9.17, 15) is 0 Å². The number of benzene rings is 1. The van der Waals surface area contributed by atoms with E-state index in [0.29, 0.717) is 6.04 Å². The van der Waals surface area contributed by atoms with Gasteiger partial charge in [0.05, 0.1) is 5.52 Å². The second-order valence-electron chi connectivity index (χ2n) is 4.19. The summed E-state index contributed by atoms with van der Waals surface area (Å²) < 4.78 is 0. The lowest BCUT2D eigenvalue weighted by molar-refractivity contribution is 0.651. The molecule has 2 nitrogen and oxygen atoms in total. The molecular weight excluding hydrogens is 220 g/mol. The monoisotopic (exact) mass is 232 g/mol. The van der Waals surface area contributed by atoms with Crippen LogP contribution in [-0.2, 0) is 0 Å². The molecule has 82 valence electrons. The maximum Gasteiger partial charge on any atom is 0.0764 e. The van der Waals surface area contributed by atoms with E-state index in [2.05, 4.69) is 16.4 Å². The normalized spacial score (nSPS) is 20.4. The minimum atomic E-state index is 0.440. The van der Waals surface area contributed by atoms with Crippen molar-refractivity contribution in [3.8, 4) is 0 Å². The molecular formula is C13H13ClN2. The van der Waals surface area contributed by atoms with Crippen molar-refractivity contribution in [1.82, 2.24) is 10.3 Å². The zero-order valence-electron chi connectivity index (χ0n) is 8.91. The van der Waals surface area contributed by atoms with Crippen LogP contribution in [0.4, 0.5) is 0 Å². The van der Waals surface area contributed by atoms with Gasteiger partial charge < -0.3 is 5.32 Å². The summed E-state index contributed by atoms with van der Waals surface area (Å²) in [6.45, 7) is 1.10. The molecule has 0 amide bonds. The molecule has 3 heteroatoms. The molecule has 1 N–H and O–H groups in total. The molecule has 1 aliphatic heterocycles. The summed E-state index contributed by atoms with van der Waals surface area (Å²) in [7, 11) is 0. The number of halogens is 1. The van der Waals surface area contributed by atoms with Gasteiger partial charge in [-0.25, -0.2) is 0 Å². The van der Waals surface area contributed by atoms with Gasteiger partial charge >= 0.3 is 0 Å². The second-order valence-corrected chi connectivity index (χ2v) is 4.59. The SMILES string of the molecule is Clc1ccc(C2CCCN2)c2ncccc12. The number of aromatic nitrogens is 1. The maximum atomic E-state index is 6.18. The lowest BCUT2D eigenvalue weighted by Gasteiger charge is -2.13. The average Bonchev–Trinajstić information content (AvgIpc) is 2.83. The summed E-state index contributed by atoms with van der Waals surface area (Å²) in [5, 5.41) is 5.33. The zero-order valence-corrected chi connectivity index (χ0v) is 9.67. The van der Waals surface area contributed by atoms with E-state index in [1.54, 1.807) is 0 Å². The van der Waals surface area contributed by atoms with Gasteiger partial charge in [-0.05, 0) is 43.1 Å². The van der Waals surface area contributed by atoms with Gasteiger partial charge in [0, 0.05) is 22.6 Å². The van der Waals surface area contributed by atoms with Crippen LogP contribution in [0.2, 0.25) is 5.02 Å². The molecule has 3 rings (SSSR count). The van der Waals surface area contributed by atoms with Crippen LogP contribution in [0, 0.1) is 0 Å². The van der Waals surface area contributed by atoms with Crippen molar-refractivity contribution in [3.05, 3.63) is 41.0 Å². The van der Waals surface area contributed by atoms with Crippen LogP contribution in [0.15, 0.2) is 30.5 Å². The van der Waals surface area contributed by atoms with Crippen molar-refractivity contribution in [2.75, 3.05) is 6.54 Å². The van der Waals surface area contributed by atoms with Gasteiger partial charge in [0.2, 0.25) is 0 Å². The molecule has 1 atom stereocenters. The van der Waals surface area contributed by atoms with E-state index in [0.717, 1.165) is 22.5 Å². The van der Waals surface area contributed by atoms with E-state index in [1.807, 2.05) is 24.4 Å². The highest BCUT2D eigenvalue weighted by molar-refractivity contribution is 6.35. The fourth-order valence-corrected chi connectivity index (χ4v) is 2.61. The van der Waals surface area contributed by atoms with E-state index < -0.39 is 0 Å². The fraction of sp³-hybridized carbons (Fsp3) is 0.308. The molecule has 16 heavy (non-hydrogen) atoms. The van der Waals surface area contributed by atoms with E-state index in [1.165, 1.54) is 18.4 Å². The quantitative estimate of drug-likeness (QED) is 0.816. The molecule has 0 aliphatic carbocycles. The van der Waals surface area contributed by atoms with Crippen LogP contribution in [0.25, 0.3) is 10.9 Å². The predicted octanol–water partition coefficient (Wildman–Crippen LogP) is 3.31. The van der Waals surface area contributed by atoms with Crippen molar-refractivity contribution in [2.24, 2.45) is 0 Å². The first-order valence-electron chi connectivity index (χ1n) is 5.63. The minimum absolute atomic E-state index is 0.440. The van der Waals surface area contributed by atoms with Crippen molar-refractivity contribution in [1.29, 1.82) is 0 Å². The van der Waals surface area contributed by atoms with Crippen LogP contribution >= 0.6 is 11.6 Å². The van der Waals surface area contributed by atoms with Crippen LogP contribution < -0.4 is 5.32 Å². The molecule has 1 saturated heterocycles. The summed E-state index contributed by atoms with van der Waals surface area (Å²) >= 11 is 6.18. The third kappa shape index (κ3) is 1.58. The Morgan fingerprint density at radius 1 is 1.31 bits per heavy atom. The van der Waals surface area contributed by atoms with Gasteiger partial charge in [-0.2, -0.15) is 0 Å². The van der Waals surface area contributed by atoms with Gasteiger partial charge in [0.15, 0.2) is 0 Å². The molecule has 1 aromatic heterocycles. The minimum Gasteiger partial charge on any atom is -0.310 e. The third-order valence-corrected chi connectivity index (χ3v) is 3.51. The van der Waals surface area contributed by atoms with E-state index in [4.69, 9.17) is 11.6 Å². The van der Waals surface area contributed by atoms with Crippen LogP contribution in [-0.4, -0.2) is 11.5 Å². The molecule has 0 saturated carbocycles. The Morgan fingerprint density at radius 3 is 3.06 bits per heavy atom. The summed E-state index contributed by atoms with van der Waals surface area (Å²) in [5.74, 6) is 0. The Kier molecular flexibility index (Phi) is 2.54. The lowest BCUT2D eigenvalue weighted by atomic mass is 10.0. The average molecular weight is 233 g/mol. The first-order valence-corrected chi connectivity index (χ1v) is 6.00. The summed E-state index contributed by atoms with van der Waals surface area (Å²) in [5.41, 5.74) is 2.31. The van der Waals surface area contributed by atoms with E-state index in [-0.39, 0.29) is 0 Å². The molecule has 1 fully saturated rings. The topological polar surface area (TPSA) is 24.9 Å². The summed E-state index contributed by atoms with van der Waals surface area (Å²) in [4.78, 5) is 4.46. The number of hydrogen-bond donors (Lipinski definition) is 1. The Labute approximate surface area is 99.6 Å². The van der Waals surface area contributed by atoms with Gasteiger partial charge in [-0.1, -0.05) is 17.7 Å². The molecule has 0 bridgehead atoms. The number of nitrogens with zero attached hydrogens (tertiary/aromatic N) is 1. The largest absolute Gasteiger partial charge is 0.310 e. The number of nitrogens with one attached hydrogen (secondary N) is 1. The van der Waals surface area contributed by atoms with Crippen molar-refractivity contribution >= 4 is 22.5 Å². The van der Waals surface area contributed by atoms with Crippen LogP contribution in [0.3, 0.4) is 0 Å². The highest BCUT2D eigenvalue weighted by atomic mass is 35.5. The Balaban J connectivity index is 2.21. The molecule has 2 aromatic rings. The van der Waals surface area contributed by atoms with Crippen LogP contribution in [0.1, 0.15) is 24.4 Å². The molecule has 1 aliphatic rings. The molecule has 2 heterocycles. The first-order chi connectivity index (χ1) is 7.86. The standard InChI is InChI=1S/C13H13ClN2/c14-11-6-5-10(12-4-2-7-15-12)13-9(11)3-1-8-16-13/h1,3,5-6,8,12,15H,2,4,7H2. The number of fused-ring (bicyclic) bond motifs is 1. The zero-order chi connectivity index (χ0) is 11.0. The summed E-state index contributed by atoms with van der Waals surface area (Å²) in [6.07, 6.45) is 4.26. The highest BCUT2D eigenvalue weighted by Crippen LogP contribution is 2.31. The fourth-order valence-electron chi connectivity index (χ4n) is 2.39. The predicted molar refractivity (Wildman–Crippen MR) is 66.7 cm³/mol. The van der Waals surface area contributed by atoms with E-state index >= 15 is 0 Å². The van der Waals surface area contributed by atoms with Crippen molar-refractivity contribution < 1.29 is 0 Å². The Morgan fingerprint density at radius 2 is 2.25 bits per heavy atom. The lowest BCUT2D eigenvalue weighted by Crippen LogP contribution is -2.13. The molecule has 0 radical (unpaired) electrons. The number of rotatable bonds is 1. The Hall–Kier alpha value is -1.12. The third-order valence-electron chi connectivity index (χ3n) is 3.18. The van der Waals surface area contributed by atoms with Gasteiger partial charge in [-0.15, -0.1) is 0 Å². The molecule has 0 spiro atoms. The van der Waals surface area contributed by atoms with Gasteiger partial charge in [0.1, 0.15) is 0 Å². The first kappa shape index (κ1) is 10.1. The molecule has 1 unspecified atom stereocenters.